The third-order valence-electron chi connectivity index (χ3n) is 3.78. The van der Waals surface area contributed by atoms with Gasteiger partial charge in [-0.3, -0.25) is 4.79 Å². The van der Waals surface area contributed by atoms with Gasteiger partial charge in [0, 0.05) is 5.56 Å². The van der Waals surface area contributed by atoms with Crippen LogP contribution in [-0.4, -0.2) is 30.1 Å². The summed E-state index contributed by atoms with van der Waals surface area (Å²) in [6.07, 6.45) is 3.41. The molecule has 6 heteroatoms. The lowest BCUT2D eigenvalue weighted by Crippen LogP contribution is -2.15. The molecule has 0 atom stereocenters. The number of aromatic nitrogens is 2. The molecule has 0 saturated carbocycles. The maximum atomic E-state index is 12.3. The van der Waals surface area contributed by atoms with Gasteiger partial charge in [-0.05, 0) is 17.7 Å². The van der Waals surface area contributed by atoms with Crippen molar-refractivity contribution in [3.05, 3.63) is 66.5 Å². The number of anilines is 1. The topological polar surface area (TPSA) is 73.3 Å². The number of nitrogens with zero attached hydrogens (tertiary/aromatic N) is 2. The van der Waals surface area contributed by atoms with Crippen LogP contribution < -0.4 is 14.8 Å². The predicted molar refractivity (Wildman–Crippen MR) is 99.3 cm³/mol. The summed E-state index contributed by atoms with van der Waals surface area (Å²) >= 11 is 0. The molecule has 3 rings (SSSR count). The Hall–Kier alpha value is -3.41. The molecule has 132 valence electrons. The average molecular weight is 349 g/mol. The minimum absolute atomic E-state index is 0.159. The van der Waals surface area contributed by atoms with Crippen molar-refractivity contribution in [1.82, 2.24) is 9.97 Å². The summed E-state index contributed by atoms with van der Waals surface area (Å²) in [7, 11) is 3.14. The van der Waals surface area contributed by atoms with Crippen LogP contribution >= 0.6 is 0 Å². The van der Waals surface area contributed by atoms with E-state index in [-0.39, 0.29) is 12.3 Å². The van der Waals surface area contributed by atoms with Gasteiger partial charge in [-0.25, -0.2) is 9.97 Å². The molecule has 2 aromatic carbocycles. The zero-order chi connectivity index (χ0) is 18.4. The Morgan fingerprint density at radius 1 is 0.962 bits per heavy atom. The highest BCUT2D eigenvalue weighted by Gasteiger charge is 2.09. The van der Waals surface area contributed by atoms with E-state index >= 15 is 0 Å². The van der Waals surface area contributed by atoms with Crippen molar-refractivity contribution < 1.29 is 14.3 Å². The molecule has 0 fully saturated rings. The lowest BCUT2D eigenvalue weighted by Gasteiger charge is -2.10. The quantitative estimate of drug-likeness (QED) is 0.739. The molecule has 1 aromatic heterocycles. The SMILES string of the molecule is COc1ccc(CC(=O)Nc2cnc(-c3ccccc3)nc2)cc1OC. The number of benzene rings is 2. The van der Waals surface area contributed by atoms with Crippen LogP contribution in [0.1, 0.15) is 5.56 Å². The molecular weight excluding hydrogens is 330 g/mol. The average Bonchev–Trinajstić information content (AvgIpc) is 2.69. The number of carbonyl (C=O) groups is 1. The number of rotatable bonds is 6. The fourth-order valence-corrected chi connectivity index (χ4v) is 2.51. The zero-order valence-electron chi connectivity index (χ0n) is 14.6. The van der Waals surface area contributed by atoms with Crippen LogP contribution in [0.5, 0.6) is 11.5 Å². The van der Waals surface area contributed by atoms with Crippen LogP contribution in [0, 0.1) is 0 Å². The first-order valence-electron chi connectivity index (χ1n) is 8.08. The Kier molecular flexibility index (Phi) is 5.43. The van der Waals surface area contributed by atoms with Crippen molar-refractivity contribution in [2.75, 3.05) is 19.5 Å². The highest BCUT2D eigenvalue weighted by molar-refractivity contribution is 5.92. The molecule has 0 aliphatic rings. The summed E-state index contributed by atoms with van der Waals surface area (Å²) < 4.78 is 10.5. The molecule has 0 unspecified atom stereocenters. The van der Waals surface area contributed by atoms with Gasteiger partial charge in [0.2, 0.25) is 5.91 Å². The van der Waals surface area contributed by atoms with E-state index in [1.165, 1.54) is 0 Å². The summed E-state index contributed by atoms with van der Waals surface area (Å²) in [5.74, 6) is 1.67. The molecule has 1 N–H and O–H groups in total. The van der Waals surface area contributed by atoms with Crippen LogP contribution in [0.2, 0.25) is 0 Å². The predicted octanol–water partition coefficient (Wildman–Crippen LogP) is 3.34. The van der Waals surface area contributed by atoms with Gasteiger partial charge in [0.1, 0.15) is 0 Å². The second-order valence-corrected chi connectivity index (χ2v) is 5.58. The maximum absolute atomic E-state index is 12.3. The van der Waals surface area contributed by atoms with E-state index in [1.54, 1.807) is 38.7 Å². The van der Waals surface area contributed by atoms with Crippen molar-refractivity contribution in [3.8, 4) is 22.9 Å². The molecule has 0 saturated heterocycles. The Balaban J connectivity index is 1.65. The first-order valence-corrected chi connectivity index (χ1v) is 8.08. The van der Waals surface area contributed by atoms with Gasteiger partial charge in [0.15, 0.2) is 17.3 Å². The summed E-state index contributed by atoms with van der Waals surface area (Å²) in [6.45, 7) is 0. The molecule has 0 bridgehead atoms. The minimum atomic E-state index is -0.159. The summed E-state index contributed by atoms with van der Waals surface area (Å²) in [4.78, 5) is 20.8. The number of amides is 1. The maximum Gasteiger partial charge on any atom is 0.228 e. The lowest BCUT2D eigenvalue weighted by molar-refractivity contribution is -0.115. The van der Waals surface area contributed by atoms with Crippen LogP contribution in [0.3, 0.4) is 0 Å². The fraction of sp³-hybridized carbons (Fsp3) is 0.150. The highest BCUT2D eigenvalue weighted by Crippen LogP contribution is 2.27. The lowest BCUT2D eigenvalue weighted by atomic mass is 10.1. The largest absolute Gasteiger partial charge is 0.493 e. The second kappa shape index (κ2) is 8.11. The molecule has 1 heterocycles. The van der Waals surface area contributed by atoms with E-state index in [4.69, 9.17) is 9.47 Å². The number of hydrogen-bond acceptors (Lipinski definition) is 5. The molecule has 26 heavy (non-hydrogen) atoms. The van der Waals surface area contributed by atoms with Gasteiger partial charge in [-0.2, -0.15) is 0 Å². The number of nitrogens with one attached hydrogen (secondary N) is 1. The van der Waals surface area contributed by atoms with E-state index in [2.05, 4.69) is 15.3 Å². The van der Waals surface area contributed by atoms with Crippen LogP contribution in [0.25, 0.3) is 11.4 Å². The van der Waals surface area contributed by atoms with E-state index in [0.717, 1.165) is 11.1 Å². The minimum Gasteiger partial charge on any atom is -0.493 e. The van der Waals surface area contributed by atoms with Gasteiger partial charge in [-0.15, -0.1) is 0 Å². The number of ether oxygens (including phenoxy) is 2. The zero-order valence-corrected chi connectivity index (χ0v) is 14.6. The molecule has 0 aliphatic carbocycles. The molecule has 0 aliphatic heterocycles. The molecule has 0 radical (unpaired) electrons. The van der Waals surface area contributed by atoms with Gasteiger partial charge >= 0.3 is 0 Å². The number of methoxy groups -OCH3 is 2. The third kappa shape index (κ3) is 4.16. The molecule has 0 spiro atoms. The smallest absolute Gasteiger partial charge is 0.228 e. The second-order valence-electron chi connectivity index (χ2n) is 5.58. The Morgan fingerprint density at radius 3 is 2.31 bits per heavy atom. The standard InChI is InChI=1S/C20H19N3O3/c1-25-17-9-8-14(10-18(17)26-2)11-19(24)23-16-12-21-20(22-13-16)15-6-4-3-5-7-15/h3-10,12-13H,11H2,1-2H3,(H,23,24). The van der Waals surface area contributed by atoms with E-state index in [0.29, 0.717) is 23.0 Å². The summed E-state index contributed by atoms with van der Waals surface area (Å²) in [5.41, 5.74) is 2.30. The third-order valence-corrected chi connectivity index (χ3v) is 3.78. The van der Waals surface area contributed by atoms with Crippen molar-refractivity contribution in [2.24, 2.45) is 0 Å². The van der Waals surface area contributed by atoms with E-state index < -0.39 is 0 Å². The first-order chi connectivity index (χ1) is 12.7. The fourth-order valence-electron chi connectivity index (χ4n) is 2.51. The van der Waals surface area contributed by atoms with Crippen molar-refractivity contribution >= 4 is 11.6 Å². The van der Waals surface area contributed by atoms with Crippen LogP contribution in [0.15, 0.2) is 60.9 Å². The van der Waals surface area contributed by atoms with Crippen molar-refractivity contribution in [3.63, 3.8) is 0 Å². The van der Waals surface area contributed by atoms with Gasteiger partial charge in [-0.1, -0.05) is 36.4 Å². The monoisotopic (exact) mass is 349 g/mol. The van der Waals surface area contributed by atoms with Gasteiger partial charge < -0.3 is 14.8 Å². The van der Waals surface area contributed by atoms with Crippen LogP contribution in [-0.2, 0) is 11.2 Å². The summed E-state index contributed by atoms with van der Waals surface area (Å²) in [5, 5.41) is 2.80. The van der Waals surface area contributed by atoms with Gasteiger partial charge in [0.05, 0.1) is 38.7 Å². The highest BCUT2D eigenvalue weighted by atomic mass is 16.5. The Morgan fingerprint density at radius 2 is 1.65 bits per heavy atom. The van der Waals surface area contributed by atoms with Crippen molar-refractivity contribution in [2.45, 2.75) is 6.42 Å². The molecular formula is C20H19N3O3. The van der Waals surface area contributed by atoms with Gasteiger partial charge in [0.25, 0.3) is 0 Å². The number of hydrogen-bond donors (Lipinski definition) is 1. The Bertz CT molecular complexity index is 881. The Labute approximate surface area is 151 Å². The first kappa shape index (κ1) is 17.4. The van der Waals surface area contributed by atoms with E-state index in [1.807, 2.05) is 36.4 Å². The molecule has 6 nitrogen and oxygen atoms in total. The summed E-state index contributed by atoms with van der Waals surface area (Å²) in [6, 6.07) is 15.1. The normalized spacial score (nSPS) is 10.2. The van der Waals surface area contributed by atoms with E-state index in [9.17, 15) is 4.79 Å². The molecule has 3 aromatic rings. The van der Waals surface area contributed by atoms with Crippen LogP contribution in [0.4, 0.5) is 5.69 Å². The molecule has 1 amide bonds. The van der Waals surface area contributed by atoms with Crippen molar-refractivity contribution in [1.29, 1.82) is 0 Å². The number of carbonyl (C=O) groups excluding carboxylic acids is 1.